The zero-order chi connectivity index (χ0) is 8.72. The van der Waals surface area contributed by atoms with E-state index < -0.39 is 0 Å². The van der Waals surface area contributed by atoms with E-state index in [0.717, 1.165) is 17.9 Å². The second kappa shape index (κ2) is 2.23. The molecule has 0 aromatic carbocycles. The van der Waals surface area contributed by atoms with Gasteiger partial charge in [-0.1, -0.05) is 12.1 Å². The van der Waals surface area contributed by atoms with Crippen LogP contribution in [0.2, 0.25) is 0 Å². The van der Waals surface area contributed by atoms with Gasteiger partial charge in [-0.15, -0.1) is 0 Å². The standard InChI is InChI=1S/C7H10N4O/c1-3-5-10-12-7-9-4(2)6(8)11(5)7/h3,8H2,1-2H3. The van der Waals surface area contributed by atoms with Crippen LogP contribution >= 0.6 is 0 Å². The summed E-state index contributed by atoms with van der Waals surface area (Å²) in [5.74, 6) is 1.90. The third kappa shape index (κ3) is 0.731. The molecule has 0 saturated carbocycles. The number of anilines is 1. The first-order chi connectivity index (χ1) is 5.74. The molecule has 0 amide bonds. The van der Waals surface area contributed by atoms with Gasteiger partial charge in [-0.2, -0.15) is 4.98 Å². The Bertz CT molecular complexity index is 414. The van der Waals surface area contributed by atoms with Crippen molar-refractivity contribution in [1.82, 2.24) is 14.5 Å². The maximum Gasteiger partial charge on any atom is 0.333 e. The van der Waals surface area contributed by atoms with Crippen molar-refractivity contribution in [3.05, 3.63) is 11.5 Å². The zero-order valence-electron chi connectivity index (χ0n) is 7.03. The summed E-state index contributed by atoms with van der Waals surface area (Å²) < 4.78 is 6.69. The molecule has 0 aliphatic heterocycles. The maximum absolute atomic E-state index is 5.76. The second-order valence-electron chi connectivity index (χ2n) is 2.65. The van der Waals surface area contributed by atoms with Crippen LogP contribution < -0.4 is 5.73 Å². The SMILES string of the molecule is CCc1noc2nc(C)c(N)n12. The molecule has 2 aromatic rings. The Morgan fingerprint density at radius 1 is 1.58 bits per heavy atom. The quantitative estimate of drug-likeness (QED) is 0.679. The van der Waals surface area contributed by atoms with Gasteiger partial charge in [0.25, 0.3) is 0 Å². The van der Waals surface area contributed by atoms with E-state index in [-0.39, 0.29) is 0 Å². The summed E-state index contributed by atoms with van der Waals surface area (Å²) in [4.78, 5) is 4.09. The maximum atomic E-state index is 5.76. The van der Waals surface area contributed by atoms with E-state index in [1.165, 1.54) is 0 Å². The molecule has 2 aromatic heterocycles. The molecule has 12 heavy (non-hydrogen) atoms. The van der Waals surface area contributed by atoms with Gasteiger partial charge in [-0.05, 0) is 6.92 Å². The van der Waals surface area contributed by atoms with Crippen molar-refractivity contribution in [1.29, 1.82) is 0 Å². The molecule has 0 unspecified atom stereocenters. The van der Waals surface area contributed by atoms with Crippen LogP contribution in [0, 0.1) is 6.92 Å². The Morgan fingerprint density at radius 2 is 2.33 bits per heavy atom. The first kappa shape index (κ1) is 7.15. The molecule has 2 N–H and O–H groups in total. The molecule has 0 spiro atoms. The summed E-state index contributed by atoms with van der Waals surface area (Å²) >= 11 is 0. The average molecular weight is 166 g/mol. The van der Waals surface area contributed by atoms with Crippen molar-refractivity contribution < 1.29 is 4.52 Å². The zero-order valence-corrected chi connectivity index (χ0v) is 7.03. The summed E-state index contributed by atoms with van der Waals surface area (Å²) in [6, 6.07) is 0. The highest BCUT2D eigenvalue weighted by atomic mass is 16.5. The lowest BCUT2D eigenvalue weighted by atomic mass is 10.4. The minimum Gasteiger partial charge on any atom is -0.383 e. The Kier molecular flexibility index (Phi) is 1.33. The van der Waals surface area contributed by atoms with Gasteiger partial charge in [0.15, 0.2) is 5.82 Å². The van der Waals surface area contributed by atoms with Gasteiger partial charge in [0.1, 0.15) is 5.82 Å². The Morgan fingerprint density at radius 3 is 3.00 bits per heavy atom. The van der Waals surface area contributed by atoms with Crippen LogP contribution in [0.25, 0.3) is 5.84 Å². The molecule has 5 heteroatoms. The van der Waals surface area contributed by atoms with E-state index in [4.69, 9.17) is 10.3 Å². The minimum atomic E-state index is 0.474. The fourth-order valence-electron chi connectivity index (χ4n) is 1.18. The molecule has 64 valence electrons. The number of imidazole rings is 1. The van der Waals surface area contributed by atoms with Gasteiger partial charge in [0.2, 0.25) is 0 Å². The number of hydrogen-bond acceptors (Lipinski definition) is 4. The molecule has 2 heterocycles. The van der Waals surface area contributed by atoms with Gasteiger partial charge in [0.05, 0.1) is 5.69 Å². The Balaban J connectivity index is 2.82. The number of aryl methyl sites for hydroxylation is 2. The van der Waals surface area contributed by atoms with Crippen LogP contribution in [-0.4, -0.2) is 14.5 Å². The Hall–Kier alpha value is -1.52. The summed E-state index contributed by atoms with van der Waals surface area (Å²) in [5, 5.41) is 3.82. The molecular weight excluding hydrogens is 156 g/mol. The summed E-state index contributed by atoms with van der Waals surface area (Å²) in [6.45, 7) is 3.84. The highest BCUT2D eigenvalue weighted by Crippen LogP contribution is 2.15. The van der Waals surface area contributed by atoms with Crippen LogP contribution in [-0.2, 0) is 6.42 Å². The summed E-state index contributed by atoms with van der Waals surface area (Å²) in [5.41, 5.74) is 6.54. The Labute approximate surface area is 69.2 Å². The van der Waals surface area contributed by atoms with Crippen LogP contribution in [0.15, 0.2) is 4.52 Å². The largest absolute Gasteiger partial charge is 0.383 e. The van der Waals surface area contributed by atoms with Gasteiger partial charge < -0.3 is 10.3 Å². The molecule has 2 rings (SSSR count). The molecule has 0 aliphatic rings. The molecule has 0 saturated heterocycles. The average Bonchev–Trinajstić information content (AvgIpc) is 2.55. The monoisotopic (exact) mass is 166 g/mol. The van der Waals surface area contributed by atoms with Crippen molar-refractivity contribution in [2.75, 3.05) is 5.73 Å². The first-order valence-corrected chi connectivity index (χ1v) is 3.83. The minimum absolute atomic E-state index is 0.474. The van der Waals surface area contributed by atoms with Crippen LogP contribution in [0.5, 0.6) is 0 Å². The fourth-order valence-corrected chi connectivity index (χ4v) is 1.18. The third-order valence-electron chi connectivity index (χ3n) is 1.87. The van der Waals surface area contributed by atoms with Crippen LogP contribution in [0.3, 0.4) is 0 Å². The van der Waals surface area contributed by atoms with Crippen molar-refractivity contribution >= 4 is 11.7 Å². The number of nitrogen functional groups attached to an aromatic ring is 1. The topological polar surface area (TPSA) is 69.3 Å². The third-order valence-corrected chi connectivity index (χ3v) is 1.87. The van der Waals surface area contributed by atoms with E-state index in [1.54, 1.807) is 4.40 Å². The van der Waals surface area contributed by atoms with Gasteiger partial charge in [-0.25, -0.2) is 4.40 Å². The van der Waals surface area contributed by atoms with E-state index in [9.17, 15) is 0 Å². The van der Waals surface area contributed by atoms with E-state index >= 15 is 0 Å². The number of rotatable bonds is 1. The summed E-state index contributed by atoms with van der Waals surface area (Å²) in [6.07, 6.45) is 0.785. The van der Waals surface area contributed by atoms with Crippen molar-refractivity contribution in [2.45, 2.75) is 20.3 Å². The van der Waals surface area contributed by atoms with Crippen molar-refractivity contribution in [2.24, 2.45) is 0 Å². The lowest BCUT2D eigenvalue weighted by Crippen LogP contribution is -1.97. The number of hydrogen-bond donors (Lipinski definition) is 1. The molecule has 0 atom stereocenters. The smallest absolute Gasteiger partial charge is 0.333 e. The molecule has 0 fully saturated rings. The van der Waals surface area contributed by atoms with E-state index in [2.05, 4.69) is 10.1 Å². The molecule has 0 radical (unpaired) electrons. The highest BCUT2D eigenvalue weighted by molar-refractivity contribution is 5.46. The van der Waals surface area contributed by atoms with Gasteiger partial charge >= 0.3 is 5.84 Å². The number of fused-ring (bicyclic) bond motifs is 1. The summed E-state index contributed by atoms with van der Waals surface area (Å²) in [7, 11) is 0. The van der Waals surface area contributed by atoms with Gasteiger partial charge in [0, 0.05) is 6.42 Å². The molecule has 0 bridgehead atoms. The number of aromatic nitrogens is 3. The molecule has 0 aliphatic carbocycles. The second-order valence-corrected chi connectivity index (χ2v) is 2.65. The lowest BCUT2D eigenvalue weighted by molar-refractivity contribution is 0.439. The highest BCUT2D eigenvalue weighted by Gasteiger charge is 2.12. The predicted octanol–water partition coefficient (Wildman–Crippen LogP) is 0.775. The fraction of sp³-hybridized carbons (Fsp3) is 0.429. The number of nitrogens with two attached hydrogens (primary N) is 1. The normalized spacial score (nSPS) is 11.2. The van der Waals surface area contributed by atoms with E-state index in [1.807, 2.05) is 13.8 Å². The van der Waals surface area contributed by atoms with Crippen molar-refractivity contribution in [3.8, 4) is 0 Å². The molecular formula is C7H10N4O. The predicted molar refractivity (Wildman–Crippen MR) is 43.8 cm³/mol. The number of nitrogens with zero attached hydrogens (tertiary/aromatic N) is 3. The van der Waals surface area contributed by atoms with Gasteiger partial charge in [-0.3, -0.25) is 0 Å². The van der Waals surface area contributed by atoms with Crippen molar-refractivity contribution in [3.63, 3.8) is 0 Å². The first-order valence-electron chi connectivity index (χ1n) is 3.83. The van der Waals surface area contributed by atoms with E-state index in [0.29, 0.717) is 11.7 Å². The van der Waals surface area contributed by atoms with Crippen LogP contribution in [0.1, 0.15) is 18.4 Å². The lowest BCUT2D eigenvalue weighted by Gasteiger charge is -1.92. The van der Waals surface area contributed by atoms with Crippen LogP contribution in [0.4, 0.5) is 5.82 Å². The molecule has 5 nitrogen and oxygen atoms in total.